The van der Waals surface area contributed by atoms with Gasteiger partial charge in [0.2, 0.25) is 11.8 Å². The van der Waals surface area contributed by atoms with E-state index in [1.54, 1.807) is 17.9 Å². The molecule has 1 atom stereocenters. The Morgan fingerprint density at radius 1 is 1.29 bits per heavy atom. The molecule has 0 saturated heterocycles. The van der Waals surface area contributed by atoms with Gasteiger partial charge in [-0.2, -0.15) is 0 Å². The van der Waals surface area contributed by atoms with Gasteiger partial charge in [-0.15, -0.1) is 0 Å². The number of anilines is 1. The molecule has 6 heteroatoms. The van der Waals surface area contributed by atoms with Gasteiger partial charge in [0.15, 0.2) is 5.82 Å². The molecule has 158 valence electrons. The monoisotopic (exact) mass is 391 g/mol. The van der Waals surface area contributed by atoms with Crippen molar-refractivity contribution in [3.8, 4) is 0 Å². The summed E-state index contributed by atoms with van der Waals surface area (Å²) in [7, 11) is 0. The summed E-state index contributed by atoms with van der Waals surface area (Å²) >= 11 is 0. The van der Waals surface area contributed by atoms with Gasteiger partial charge in [-0.05, 0) is 43.4 Å². The first-order valence-corrected chi connectivity index (χ1v) is 10.6. The number of aromatic nitrogens is 1. The second-order valence-electron chi connectivity index (χ2n) is 9.72. The van der Waals surface area contributed by atoms with Crippen LogP contribution in [0.4, 0.5) is 5.82 Å². The largest absolute Gasteiger partial charge is 0.360 e. The lowest BCUT2D eigenvalue weighted by atomic mass is 9.84. The van der Waals surface area contributed by atoms with Gasteiger partial charge >= 0.3 is 0 Å². The maximum Gasteiger partial charge on any atom is 0.245 e. The molecule has 1 aromatic rings. The van der Waals surface area contributed by atoms with Crippen molar-refractivity contribution >= 4 is 17.6 Å². The Morgan fingerprint density at radius 2 is 1.96 bits per heavy atom. The average molecular weight is 392 g/mol. The van der Waals surface area contributed by atoms with E-state index in [2.05, 4.69) is 38.2 Å². The van der Waals surface area contributed by atoms with E-state index >= 15 is 0 Å². The minimum absolute atomic E-state index is 0.0729. The van der Waals surface area contributed by atoms with Gasteiger partial charge in [-0.25, -0.2) is 0 Å². The molecule has 1 aliphatic rings. The molecule has 1 saturated carbocycles. The van der Waals surface area contributed by atoms with Crippen molar-refractivity contribution in [2.24, 2.45) is 17.3 Å². The maximum atomic E-state index is 13.0. The summed E-state index contributed by atoms with van der Waals surface area (Å²) in [4.78, 5) is 27.3. The Morgan fingerprint density at radius 3 is 2.54 bits per heavy atom. The SMILES string of the molecule is Cc1cc(NC(=O)CN(CC2CCCCC2)C(=O)CC(C)CC(C)(C)C)no1. The molecule has 1 aliphatic carbocycles. The van der Waals surface area contributed by atoms with Crippen molar-refractivity contribution in [2.75, 3.05) is 18.4 Å². The van der Waals surface area contributed by atoms with E-state index < -0.39 is 0 Å². The van der Waals surface area contributed by atoms with Crippen LogP contribution in [0, 0.1) is 24.2 Å². The fourth-order valence-electron chi connectivity index (χ4n) is 4.26. The van der Waals surface area contributed by atoms with Gasteiger partial charge in [0.05, 0.1) is 6.54 Å². The third-order valence-corrected chi connectivity index (χ3v) is 5.27. The highest BCUT2D eigenvalue weighted by atomic mass is 16.5. The third-order valence-electron chi connectivity index (χ3n) is 5.27. The molecule has 1 aromatic heterocycles. The molecule has 0 spiro atoms. The van der Waals surface area contributed by atoms with Gasteiger partial charge < -0.3 is 14.7 Å². The van der Waals surface area contributed by atoms with Crippen LogP contribution in [0.25, 0.3) is 0 Å². The fraction of sp³-hybridized carbons (Fsp3) is 0.773. The van der Waals surface area contributed by atoms with Crippen molar-refractivity contribution in [3.63, 3.8) is 0 Å². The van der Waals surface area contributed by atoms with Gasteiger partial charge in [0.25, 0.3) is 0 Å². The standard InChI is InChI=1S/C22H37N3O3/c1-16(13-22(3,4)5)11-21(27)25(14-18-9-7-6-8-10-18)15-20(26)23-19-12-17(2)28-24-19/h12,16,18H,6-11,13-15H2,1-5H3,(H,23,24,26). The molecule has 2 rings (SSSR count). The summed E-state index contributed by atoms with van der Waals surface area (Å²) in [6.45, 7) is 11.2. The zero-order chi connectivity index (χ0) is 20.7. The highest BCUT2D eigenvalue weighted by molar-refractivity contribution is 5.93. The maximum absolute atomic E-state index is 13.0. The molecule has 0 aromatic carbocycles. The van der Waals surface area contributed by atoms with Gasteiger partial charge in [-0.1, -0.05) is 52.1 Å². The van der Waals surface area contributed by atoms with E-state index in [0.29, 0.717) is 36.4 Å². The van der Waals surface area contributed by atoms with Crippen LogP contribution in [0.2, 0.25) is 0 Å². The number of hydrogen-bond donors (Lipinski definition) is 1. The summed E-state index contributed by atoms with van der Waals surface area (Å²) in [6, 6.07) is 1.68. The molecule has 28 heavy (non-hydrogen) atoms. The van der Waals surface area contributed by atoms with E-state index in [0.717, 1.165) is 19.3 Å². The van der Waals surface area contributed by atoms with E-state index in [9.17, 15) is 9.59 Å². The first-order chi connectivity index (χ1) is 13.1. The number of nitrogens with zero attached hydrogens (tertiary/aromatic N) is 2. The lowest BCUT2D eigenvalue weighted by molar-refractivity contribution is -0.136. The first-order valence-electron chi connectivity index (χ1n) is 10.6. The Labute approximate surface area is 169 Å². The molecule has 0 radical (unpaired) electrons. The normalized spacial score (nSPS) is 16.6. The number of aryl methyl sites for hydroxylation is 1. The van der Waals surface area contributed by atoms with Gasteiger partial charge in [0.1, 0.15) is 5.76 Å². The highest BCUT2D eigenvalue weighted by Gasteiger charge is 2.25. The third kappa shape index (κ3) is 8.03. The molecular weight excluding hydrogens is 354 g/mol. The number of carbonyl (C=O) groups is 2. The Balaban J connectivity index is 1.98. The lowest BCUT2D eigenvalue weighted by Crippen LogP contribution is -2.42. The predicted molar refractivity (Wildman–Crippen MR) is 111 cm³/mol. The number of nitrogens with one attached hydrogen (secondary N) is 1. The van der Waals surface area contributed by atoms with Crippen LogP contribution < -0.4 is 5.32 Å². The number of amides is 2. The topological polar surface area (TPSA) is 75.4 Å². The van der Waals surface area contributed by atoms with Crippen molar-refractivity contribution < 1.29 is 14.1 Å². The second kappa shape index (κ2) is 10.1. The van der Waals surface area contributed by atoms with Gasteiger partial charge in [-0.3, -0.25) is 9.59 Å². The molecule has 1 N–H and O–H groups in total. The number of rotatable bonds is 8. The molecule has 0 bridgehead atoms. The quantitative estimate of drug-likeness (QED) is 0.691. The minimum atomic E-state index is -0.221. The van der Waals surface area contributed by atoms with Crippen LogP contribution in [0.1, 0.15) is 78.4 Å². The molecule has 1 unspecified atom stereocenters. The van der Waals surface area contributed by atoms with Crippen LogP contribution in [0.15, 0.2) is 10.6 Å². The molecule has 0 aliphatic heterocycles. The highest BCUT2D eigenvalue weighted by Crippen LogP contribution is 2.28. The van der Waals surface area contributed by atoms with Crippen LogP contribution in [0.5, 0.6) is 0 Å². The van der Waals surface area contributed by atoms with E-state index in [-0.39, 0.29) is 23.8 Å². The average Bonchev–Trinajstić information content (AvgIpc) is 2.98. The smallest absolute Gasteiger partial charge is 0.245 e. The molecular formula is C22H37N3O3. The Hall–Kier alpha value is -1.85. The molecule has 6 nitrogen and oxygen atoms in total. The van der Waals surface area contributed by atoms with Crippen molar-refractivity contribution in [2.45, 2.75) is 79.6 Å². The summed E-state index contributed by atoms with van der Waals surface area (Å²) in [5.74, 6) is 1.69. The molecule has 1 fully saturated rings. The molecule has 2 amide bonds. The van der Waals surface area contributed by atoms with Crippen LogP contribution >= 0.6 is 0 Å². The predicted octanol–water partition coefficient (Wildman–Crippen LogP) is 4.79. The zero-order valence-electron chi connectivity index (χ0n) is 18.2. The van der Waals surface area contributed by atoms with Gasteiger partial charge in [0, 0.05) is 19.0 Å². The first kappa shape index (κ1) is 22.4. The fourth-order valence-corrected chi connectivity index (χ4v) is 4.26. The number of hydrogen-bond acceptors (Lipinski definition) is 4. The van der Waals surface area contributed by atoms with E-state index in [1.165, 1.54) is 19.3 Å². The lowest BCUT2D eigenvalue weighted by Gasteiger charge is -2.31. The van der Waals surface area contributed by atoms with Crippen LogP contribution in [-0.2, 0) is 9.59 Å². The second-order valence-corrected chi connectivity index (χ2v) is 9.72. The zero-order valence-corrected chi connectivity index (χ0v) is 18.2. The van der Waals surface area contributed by atoms with Crippen molar-refractivity contribution in [1.29, 1.82) is 0 Å². The summed E-state index contributed by atoms with van der Waals surface area (Å²) in [5, 5.41) is 6.54. The summed E-state index contributed by atoms with van der Waals surface area (Å²) < 4.78 is 4.99. The van der Waals surface area contributed by atoms with Crippen molar-refractivity contribution in [3.05, 3.63) is 11.8 Å². The minimum Gasteiger partial charge on any atom is -0.360 e. The van der Waals surface area contributed by atoms with Crippen molar-refractivity contribution in [1.82, 2.24) is 10.1 Å². The van der Waals surface area contributed by atoms with E-state index in [4.69, 9.17) is 4.52 Å². The van der Waals surface area contributed by atoms with Crippen LogP contribution in [0.3, 0.4) is 0 Å². The summed E-state index contributed by atoms with van der Waals surface area (Å²) in [6.07, 6.45) is 7.48. The number of carbonyl (C=O) groups excluding carboxylic acids is 2. The summed E-state index contributed by atoms with van der Waals surface area (Å²) in [5.41, 5.74) is 0.191. The van der Waals surface area contributed by atoms with Crippen LogP contribution in [-0.4, -0.2) is 35.0 Å². The molecule has 1 heterocycles. The Bertz CT molecular complexity index is 642. The Kier molecular flexibility index (Phi) is 8.08. The van der Waals surface area contributed by atoms with E-state index in [1.807, 2.05) is 0 Å².